The van der Waals surface area contributed by atoms with Crippen molar-refractivity contribution in [1.29, 1.82) is 5.41 Å². The number of esters is 1. The van der Waals surface area contributed by atoms with Gasteiger partial charge in [0.2, 0.25) is 5.62 Å². The third-order valence-corrected chi connectivity index (χ3v) is 7.15. The number of aryl methyl sites for hydroxylation is 2. The van der Waals surface area contributed by atoms with E-state index in [1.54, 1.807) is 0 Å². The number of aliphatic hydroxyl groups excluding tert-OH is 1. The van der Waals surface area contributed by atoms with Gasteiger partial charge in [-0.15, -0.1) is 0 Å². The second-order valence-electron chi connectivity index (χ2n) is 9.93. The summed E-state index contributed by atoms with van der Waals surface area (Å²) in [6.07, 6.45) is 2.89. The van der Waals surface area contributed by atoms with E-state index in [1.165, 1.54) is 16.7 Å². The van der Waals surface area contributed by atoms with Crippen LogP contribution in [0.4, 0.5) is 0 Å². The Balaban J connectivity index is 1.64. The van der Waals surface area contributed by atoms with Crippen molar-refractivity contribution in [2.24, 2.45) is 5.92 Å². The number of aliphatic hydroxyl groups is 1. The van der Waals surface area contributed by atoms with E-state index in [0.717, 1.165) is 29.4 Å². The van der Waals surface area contributed by atoms with Gasteiger partial charge in [0.25, 0.3) is 0 Å². The first-order chi connectivity index (χ1) is 17.5. The van der Waals surface area contributed by atoms with Crippen molar-refractivity contribution in [3.05, 3.63) is 101 Å². The molecule has 4 aromatic rings. The van der Waals surface area contributed by atoms with Crippen LogP contribution in [0.25, 0.3) is 11.0 Å². The molecule has 36 heavy (non-hydrogen) atoms. The number of nitrogens with zero attached hydrogens (tertiary/aromatic N) is 2. The van der Waals surface area contributed by atoms with E-state index < -0.39 is 12.6 Å². The van der Waals surface area contributed by atoms with Crippen molar-refractivity contribution < 1.29 is 14.6 Å². The van der Waals surface area contributed by atoms with Crippen LogP contribution in [0.1, 0.15) is 47.2 Å². The minimum atomic E-state index is -0.658. The fourth-order valence-electron chi connectivity index (χ4n) is 5.13. The lowest BCUT2D eigenvalue weighted by molar-refractivity contribution is -0.148. The number of para-hydroxylation sites is 2. The summed E-state index contributed by atoms with van der Waals surface area (Å²) < 4.78 is 9.60. The third-order valence-electron chi connectivity index (χ3n) is 7.15. The molecule has 1 aliphatic carbocycles. The molecule has 3 aromatic carbocycles. The molecule has 1 fully saturated rings. The molecule has 2 N–H and O–H groups in total. The molecule has 0 aliphatic heterocycles. The molecule has 1 unspecified atom stereocenters. The number of ether oxygens (including phenoxy) is 1. The minimum Gasteiger partial charge on any atom is -0.462 e. The van der Waals surface area contributed by atoms with Crippen LogP contribution in [0.3, 0.4) is 0 Å². The Bertz CT molecular complexity index is 1410. The van der Waals surface area contributed by atoms with E-state index in [4.69, 9.17) is 4.74 Å². The van der Waals surface area contributed by atoms with Crippen molar-refractivity contribution in [2.75, 3.05) is 13.2 Å². The maximum Gasteiger partial charge on any atom is 0.331 e. The van der Waals surface area contributed by atoms with Crippen molar-refractivity contribution in [3.8, 4) is 0 Å². The van der Waals surface area contributed by atoms with Gasteiger partial charge in [-0.25, -0.2) is 4.79 Å². The summed E-state index contributed by atoms with van der Waals surface area (Å²) in [4.78, 5) is 11.9. The molecule has 0 radical (unpaired) electrons. The SMILES string of the molecule is Cc1ccc(C[C@@H](COC(=O)CO)n2c(=N)n(C(c3ccc(C)cc3)C3CC3)c3ccccc32)cc1. The molecule has 2 atom stereocenters. The highest BCUT2D eigenvalue weighted by atomic mass is 16.5. The number of rotatable bonds is 9. The number of nitrogens with one attached hydrogen (secondary N) is 1. The lowest BCUT2D eigenvalue weighted by atomic mass is 10.0. The average Bonchev–Trinajstić information content (AvgIpc) is 3.68. The summed E-state index contributed by atoms with van der Waals surface area (Å²) in [5, 5.41) is 18.6. The zero-order valence-corrected chi connectivity index (χ0v) is 20.9. The van der Waals surface area contributed by atoms with Gasteiger partial charge in [-0.3, -0.25) is 5.41 Å². The van der Waals surface area contributed by atoms with Crippen LogP contribution in [0.2, 0.25) is 0 Å². The molecule has 1 saturated carbocycles. The average molecular weight is 484 g/mol. The van der Waals surface area contributed by atoms with Crippen molar-refractivity contribution in [1.82, 2.24) is 9.13 Å². The van der Waals surface area contributed by atoms with Crippen LogP contribution in [-0.4, -0.2) is 33.4 Å². The van der Waals surface area contributed by atoms with Gasteiger partial charge in [-0.2, -0.15) is 0 Å². The molecule has 0 spiro atoms. The summed E-state index contributed by atoms with van der Waals surface area (Å²) >= 11 is 0. The molecular weight excluding hydrogens is 450 g/mol. The number of carbonyl (C=O) groups is 1. The molecule has 5 rings (SSSR count). The summed E-state index contributed by atoms with van der Waals surface area (Å²) in [6.45, 7) is 3.57. The van der Waals surface area contributed by atoms with Crippen LogP contribution in [0, 0.1) is 25.2 Å². The van der Waals surface area contributed by atoms with Crippen LogP contribution in [0.5, 0.6) is 0 Å². The van der Waals surface area contributed by atoms with Crippen LogP contribution >= 0.6 is 0 Å². The van der Waals surface area contributed by atoms with Gasteiger partial charge in [0, 0.05) is 0 Å². The predicted molar refractivity (Wildman–Crippen MR) is 140 cm³/mol. The Morgan fingerprint density at radius 1 is 0.944 bits per heavy atom. The van der Waals surface area contributed by atoms with Crippen LogP contribution in [0.15, 0.2) is 72.8 Å². The Morgan fingerprint density at radius 3 is 2.11 bits per heavy atom. The number of hydrogen-bond acceptors (Lipinski definition) is 4. The Labute approximate surface area is 211 Å². The van der Waals surface area contributed by atoms with Gasteiger partial charge in [0.1, 0.15) is 13.2 Å². The van der Waals surface area contributed by atoms with Gasteiger partial charge in [0.05, 0.1) is 23.1 Å². The summed E-state index contributed by atoms with van der Waals surface area (Å²) in [5.74, 6) is -0.167. The summed E-state index contributed by atoms with van der Waals surface area (Å²) in [5.41, 5.74) is 7.05. The first-order valence-electron chi connectivity index (χ1n) is 12.6. The van der Waals surface area contributed by atoms with Gasteiger partial charge in [0.15, 0.2) is 0 Å². The number of aromatic nitrogens is 2. The van der Waals surface area contributed by atoms with Gasteiger partial charge >= 0.3 is 5.97 Å². The zero-order chi connectivity index (χ0) is 25.2. The molecule has 6 nitrogen and oxygen atoms in total. The third kappa shape index (κ3) is 4.86. The van der Waals surface area contributed by atoms with Crippen molar-refractivity contribution in [2.45, 2.75) is 45.2 Å². The Hall–Kier alpha value is -3.64. The van der Waals surface area contributed by atoms with Crippen LogP contribution < -0.4 is 5.62 Å². The predicted octanol–water partition coefficient (Wildman–Crippen LogP) is 4.86. The number of benzene rings is 3. The number of imidazole rings is 1. The minimum absolute atomic E-state index is 0.0734. The maximum absolute atomic E-state index is 11.9. The van der Waals surface area contributed by atoms with E-state index in [2.05, 4.69) is 73.0 Å². The quantitative estimate of drug-likeness (QED) is 0.334. The highest BCUT2D eigenvalue weighted by Crippen LogP contribution is 2.44. The molecule has 0 amide bonds. The smallest absolute Gasteiger partial charge is 0.331 e. The normalized spacial score (nSPS) is 15.1. The Morgan fingerprint density at radius 2 is 1.53 bits per heavy atom. The Kier molecular flexibility index (Phi) is 6.79. The monoisotopic (exact) mass is 483 g/mol. The second-order valence-corrected chi connectivity index (χ2v) is 9.93. The number of carbonyl (C=O) groups excluding carboxylic acids is 1. The van der Waals surface area contributed by atoms with Gasteiger partial charge in [-0.1, -0.05) is 71.8 Å². The number of hydrogen-bond donors (Lipinski definition) is 2. The molecule has 0 saturated heterocycles. The summed E-state index contributed by atoms with van der Waals surface area (Å²) in [7, 11) is 0. The molecule has 1 aromatic heterocycles. The highest BCUT2D eigenvalue weighted by molar-refractivity contribution is 5.76. The summed E-state index contributed by atoms with van der Waals surface area (Å²) in [6, 6.07) is 24.9. The first kappa shape index (κ1) is 24.1. The first-order valence-corrected chi connectivity index (χ1v) is 12.6. The number of fused-ring (bicyclic) bond motifs is 1. The lowest BCUT2D eigenvalue weighted by Crippen LogP contribution is -2.34. The topological polar surface area (TPSA) is 80.2 Å². The van der Waals surface area contributed by atoms with E-state index >= 15 is 0 Å². The molecule has 186 valence electrons. The van der Waals surface area contributed by atoms with E-state index in [-0.39, 0.29) is 18.7 Å². The van der Waals surface area contributed by atoms with E-state index in [1.807, 2.05) is 22.8 Å². The molecule has 1 aliphatic rings. The molecular formula is C30H33N3O3. The lowest BCUT2D eigenvalue weighted by Gasteiger charge is -2.22. The molecule has 1 heterocycles. The maximum atomic E-state index is 11.9. The standard InChI is InChI=1S/C30H33N3O3/c1-20-7-11-22(12-8-20)17-25(19-36-28(35)18-34)32-26-5-3-4-6-27(26)33(30(32)31)29(24-15-16-24)23-13-9-21(2)10-14-23/h3-14,24-25,29,31,34H,15-19H2,1-2H3/t25-,29?/m0/s1. The van der Waals surface area contributed by atoms with Crippen molar-refractivity contribution >= 4 is 17.0 Å². The van der Waals surface area contributed by atoms with E-state index in [9.17, 15) is 15.3 Å². The fourth-order valence-corrected chi connectivity index (χ4v) is 5.13. The van der Waals surface area contributed by atoms with Crippen LogP contribution in [-0.2, 0) is 16.0 Å². The largest absolute Gasteiger partial charge is 0.462 e. The van der Waals surface area contributed by atoms with Gasteiger partial charge < -0.3 is 19.0 Å². The molecule has 0 bridgehead atoms. The second kappa shape index (κ2) is 10.2. The van der Waals surface area contributed by atoms with Gasteiger partial charge in [-0.05, 0) is 62.3 Å². The zero-order valence-electron chi connectivity index (χ0n) is 20.9. The molecule has 6 heteroatoms. The highest BCUT2D eigenvalue weighted by Gasteiger charge is 2.36. The fraction of sp³-hybridized carbons (Fsp3) is 0.333. The van der Waals surface area contributed by atoms with E-state index in [0.29, 0.717) is 18.0 Å². The van der Waals surface area contributed by atoms with Crippen molar-refractivity contribution in [3.63, 3.8) is 0 Å².